The fraction of sp³-hybridized carbons (Fsp3) is 0.533. The van der Waals surface area contributed by atoms with Crippen LogP contribution in [0.15, 0.2) is 35.3 Å². The van der Waals surface area contributed by atoms with Crippen molar-refractivity contribution in [1.29, 1.82) is 0 Å². The van der Waals surface area contributed by atoms with Crippen molar-refractivity contribution in [3.8, 4) is 0 Å². The van der Waals surface area contributed by atoms with Crippen molar-refractivity contribution in [2.75, 3.05) is 38.8 Å². The van der Waals surface area contributed by atoms with Crippen molar-refractivity contribution in [1.82, 2.24) is 10.6 Å². The lowest BCUT2D eigenvalue weighted by Crippen LogP contribution is -2.40. The van der Waals surface area contributed by atoms with Crippen LogP contribution in [0, 0.1) is 0 Å². The van der Waals surface area contributed by atoms with Gasteiger partial charge in [0.15, 0.2) is 5.96 Å². The number of nitrogens with zero attached hydrogens (tertiary/aromatic N) is 1. The lowest BCUT2D eigenvalue weighted by Gasteiger charge is -2.18. The summed E-state index contributed by atoms with van der Waals surface area (Å²) in [5.74, 6) is 2.02. The summed E-state index contributed by atoms with van der Waals surface area (Å²) in [6.07, 6.45) is 3.22. The summed E-state index contributed by atoms with van der Waals surface area (Å²) in [5.41, 5.74) is 1.14. The number of thioether (sulfide) groups is 1. The van der Waals surface area contributed by atoms with Gasteiger partial charge in [-0.2, -0.15) is 11.8 Å². The molecule has 0 amide bonds. The van der Waals surface area contributed by atoms with Crippen LogP contribution in [0.3, 0.4) is 0 Å². The molecule has 112 valence electrons. The van der Waals surface area contributed by atoms with Crippen LogP contribution in [0.5, 0.6) is 0 Å². The molecule has 0 saturated heterocycles. The van der Waals surface area contributed by atoms with Gasteiger partial charge in [0, 0.05) is 26.1 Å². The molecular weight excluding hydrogens is 270 g/mol. The second kappa shape index (κ2) is 10.6. The molecule has 0 spiro atoms. The van der Waals surface area contributed by atoms with Gasteiger partial charge < -0.3 is 15.7 Å². The van der Waals surface area contributed by atoms with E-state index in [4.69, 9.17) is 0 Å². The molecule has 1 unspecified atom stereocenters. The third-order valence-electron chi connectivity index (χ3n) is 3.05. The molecule has 4 nitrogen and oxygen atoms in total. The van der Waals surface area contributed by atoms with Gasteiger partial charge in [0.25, 0.3) is 0 Å². The topological polar surface area (TPSA) is 56.7 Å². The Balaban J connectivity index is 2.38. The quantitative estimate of drug-likeness (QED) is 0.388. The minimum absolute atomic E-state index is 0.0842. The molecule has 0 saturated carbocycles. The predicted molar refractivity (Wildman–Crippen MR) is 88.6 cm³/mol. The molecule has 0 aliphatic heterocycles. The van der Waals surface area contributed by atoms with Crippen LogP contribution in [0.4, 0.5) is 0 Å². The van der Waals surface area contributed by atoms with Crippen LogP contribution in [-0.4, -0.2) is 49.8 Å². The number of aliphatic imine (C=N–C) groups is 1. The highest BCUT2D eigenvalue weighted by molar-refractivity contribution is 7.98. The zero-order valence-corrected chi connectivity index (χ0v) is 13.1. The van der Waals surface area contributed by atoms with Gasteiger partial charge in [-0.1, -0.05) is 30.3 Å². The minimum atomic E-state index is 0.0842. The molecule has 3 N–H and O–H groups in total. The van der Waals surface area contributed by atoms with Gasteiger partial charge in [0.1, 0.15) is 0 Å². The van der Waals surface area contributed by atoms with Crippen LogP contribution >= 0.6 is 11.8 Å². The van der Waals surface area contributed by atoms with Gasteiger partial charge in [-0.05, 0) is 24.0 Å². The highest BCUT2D eigenvalue weighted by Crippen LogP contribution is 2.13. The van der Waals surface area contributed by atoms with E-state index in [1.807, 2.05) is 42.1 Å². The Bertz CT molecular complexity index is 384. The fourth-order valence-electron chi connectivity index (χ4n) is 1.88. The lowest BCUT2D eigenvalue weighted by molar-refractivity contribution is 0.265. The Morgan fingerprint density at radius 2 is 2.05 bits per heavy atom. The van der Waals surface area contributed by atoms with Crippen molar-refractivity contribution in [2.45, 2.75) is 12.3 Å². The number of nitrogens with one attached hydrogen (secondary N) is 2. The van der Waals surface area contributed by atoms with Crippen LogP contribution in [0.1, 0.15) is 17.9 Å². The molecule has 1 aromatic rings. The number of benzene rings is 1. The largest absolute Gasteiger partial charge is 0.396 e. The zero-order valence-electron chi connectivity index (χ0n) is 12.3. The third kappa shape index (κ3) is 6.30. The average molecular weight is 295 g/mol. The zero-order chi connectivity index (χ0) is 14.6. The van der Waals surface area contributed by atoms with Crippen molar-refractivity contribution in [3.05, 3.63) is 35.9 Å². The molecule has 0 bridgehead atoms. The second-order valence-corrected chi connectivity index (χ2v) is 5.50. The molecule has 1 rings (SSSR count). The molecule has 0 aromatic heterocycles. The number of guanidine groups is 1. The van der Waals surface area contributed by atoms with E-state index < -0.39 is 0 Å². The summed E-state index contributed by atoms with van der Waals surface area (Å²) < 4.78 is 0. The summed E-state index contributed by atoms with van der Waals surface area (Å²) in [6.45, 7) is 1.71. The summed E-state index contributed by atoms with van der Waals surface area (Å²) >= 11 is 1.85. The molecule has 5 heteroatoms. The Kier molecular flexibility index (Phi) is 8.91. The van der Waals surface area contributed by atoms with Crippen molar-refractivity contribution in [2.24, 2.45) is 4.99 Å². The summed E-state index contributed by atoms with van der Waals surface area (Å²) in [6, 6.07) is 10.0. The van der Waals surface area contributed by atoms with Gasteiger partial charge in [-0.15, -0.1) is 0 Å². The lowest BCUT2D eigenvalue weighted by atomic mass is 10.0. The first kappa shape index (κ1) is 16.9. The molecule has 0 fully saturated rings. The number of hydrogen-bond acceptors (Lipinski definition) is 3. The van der Waals surface area contributed by atoms with Crippen molar-refractivity contribution >= 4 is 17.7 Å². The molecule has 1 aromatic carbocycles. The minimum Gasteiger partial charge on any atom is -0.396 e. The Morgan fingerprint density at radius 1 is 1.30 bits per heavy atom. The van der Waals surface area contributed by atoms with Gasteiger partial charge in [-0.3, -0.25) is 4.99 Å². The summed E-state index contributed by atoms with van der Waals surface area (Å²) in [7, 11) is 1.76. The molecule has 0 heterocycles. The summed E-state index contributed by atoms with van der Waals surface area (Å²) in [4.78, 5) is 4.19. The highest BCUT2D eigenvalue weighted by atomic mass is 32.2. The standard InChI is InChI=1S/C15H25N3OS/c1-16-15(17-9-6-10-20-2)18-11-14(12-19)13-7-4-3-5-8-13/h3-5,7-8,14,19H,6,9-12H2,1-2H3,(H2,16,17,18). The van der Waals surface area contributed by atoms with Crippen LogP contribution in [0.2, 0.25) is 0 Å². The maximum atomic E-state index is 9.51. The van der Waals surface area contributed by atoms with Gasteiger partial charge in [0.2, 0.25) is 0 Å². The summed E-state index contributed by atoms with van der Waals surface area (Å²) in [5, 5.41) is 16.1. The van der Waals surface area contributed by atoms with E-state index in [9.17, 15) is 5.11 Å². The van der Waals surface area contributed by atoms with Crippen molar-refractivity contribution in [3.63, 3.8) is 0 Å². The molecular formula is C15H25N3OS. The van der Waals surface area contributed by atoms with Crippen LogP contribution in [0.25, 0.3) is 0 Å². The van der Waals surface area contributed by atoms with Crippen molar-refractivity contribution < 1.29 is 5.11 Å². The van der Waals surface area contributed by atoms with E-state index in [1.165, 1.54) is 0 Å². The molecule has 0 aliphatic rings. The Hall–Kier alpha value is -1.20. The van der Waals surface area contributed by atoms with E-state index in [0.29, 0.717) is 6.54 Å². The first-order valence-corrected chi connectivity index (χ1v) is 8.30. The van der Waals surface area contributed by atoms with Gasteiger partial charge in [0.05, 0.1) is 6.61 Å². The second-order valence-electron chi connectivity index (χ2n) is 4.52. The number of hydrogen-bond donors (Lipinski definition) is 3. The third-order valence-corrected chi connectivity index (χ3v) is 3.75. The smallest absolute Gasteiger partial charge is 0.190 e. The van der Waals surface area contributed by atoms with E-state index in [1.54, 1.807) is 7.05 Å². The monoisotopic (exact) mass is 295 g/mol. The van der Waals surface area contributed by atoms with E-state index in [-0.39, 0.29) is 12.5 Å². The Labute approximate surface area is 126 Å². The van der Waals surface area contributed by atoms with Gasteiger partial charge >= 0.3 is 0 Å². The van der Waals surface area contributed by atoms with E-state index in [2.05, 4.69) is 21.9 Å². The maximum Gasteiger partial charge on any atom is 0.190 e. The molecule has 20 heavy (non-hydrogen) atoms. The van der Waals surface area contributed by atoms with Gasteiger partial charge in [-0.25, -0.2) is 0 Å². The van der Waals surface area contributed by atoms with E-state index in [0.717, 1.165) is 30.2 Å². The molecule has 1 atom stereocenters. The number of aliphatic hydroxyl groups is 1. The van der Waals surface area contributed by atoms with Crippen LogP contribution in [-0.2, 0) is 0 Å². The molecule has 0 aliphatic carbocycles. The number of rotatable bonds is 8. The fourth-order valence-corrected chi connectivity index (χ4v) is 2.31. The Morgan fingerprint density at radius 3 is 2.65 bits per heavy atom. The number of aliphatic hydroxyl groups excluding tert-OH is 1. The first-order chi connectivity index (χ1) is 9.81. The predicted octanol–water partition coefficient (Wildman–Crippen LogP) is 1.68. The SMILES string of the molecule is CN=C(NCCCSC)NCC(CO)c1ccccc1. The van der Waals surface area contributed by atoms with E-state index >= 15 is 0 Å². The highest BCUT2D eigenvalue weighted by Gasteiger charge is 2.10. The average Bonchev–Trinajstić information content (AvgIpc) is 2.51. The molecule has 0 radical (unpaired) electrons. The van der Waals surface area contributed by atoms with Crippen LogP contribution < -0.4 is 10.6 Å². The normalized spacial score (nSPS) is 13.1. The maximum absolute atomic E-state index is 9.51. The first-order valence-electron chi connectivity index (χ1n) is 6.91.